The van der Waals surface area contributed by atoms with Crippen molar-refractivity contribution in [1.82, 2.24) is 15.2 Å². The molecule has 2 fully saturated rings. The average molecular weight is 392 g/mol. The largest absolute Gasteiger partial charge is 0.353 e. The lowest BCUT2D eigenvalue weighted by Crippen LogP contribution is -2.51. The van der Waals surface area contributed by atoms with Crippen LogP contribution in [0.3, 0.4) is 0 Å². The lowest BCUT2D eigenvalue weighted by atomic mass is 9.72. The van der Waals surface area contributed by atoms with Gasteiger partial charge in [0.1, 0.15) is 0 Å². The van der Waals surface area contributed by atoms with E-state index in [4.69, 9.17) is 0 Å². The fourth-order valence-corrected chi connectivity index (χ4v) is 4.47. The number of nitrogens with zero attached hydrogens (tertiary/aromatic N) is 2. The van der Waals surface area contributed by atoms with Crippen LogP contribution in [0.1, 0.15) is 45.1 Å². The molecular weight excluding hydrogens is 358 g/mol. The van der Waals surface area contributed by atoms with Crippen LogP contribution >= 0.6 is 0 Å². The highest BCUT2D eigenvalue weighted by molar-refractivity contribution is 5.83. The van der Waals surface area contributed by atoms with E-state index in [0.29, 0.717) is 0 Å². The Hall–Kier alpha value is -2.20. The molecule has 0 spiro atoms. The number of hydrogen-bond donors (Lipinski definition) is 1. The summed E-state index contributed by atoms with van der Waals surface area (Å²) in [5.74, 6) is 1.14. The molecule has 1 N–H and O–H groups in total. The molecule has 1 aliphatic carbocycles. The molecule has 0 radical (unpaired) electrons. The van der Waals surface area contributed by atoms with Gasteiger partial charge in [-0.2, -0.15) is 0 Å². The number of hydrogen-bond acceptors (Lipinski definition) is 3. The molecule has 1 aromatic carbocycles. The van der Waals surface area contributed by atoms with Crippen molar-refractivity contribution in [1.29, 1.82) is 0 Å². The van der Waals surface area contributed by atoms with Crippen molar-refractivity contribution in [3.63, 3.8) is 0 Å². The molecule has 1 aromatic heterocycles. The van der Waals surface area contributed by atoms with Crippen molar-refractivity contribution < 1.29 is 4.79 Å². The van der Waals surface area contributed by atoms with Gasteiger partial charge in [0.25, 0.3) is 0 Å². The van der Waals surface area contributed by atoms with Gasteiger partial charge in [-0.3, -0.25) is 9.78 Å². The van der Waals surface area contributed by atoms with Gasteiger partial charge in [-0.15, -0.1) is 0 Å². The maximum Gasteiger partial charge on any atom is 0.226 e. The Bertz CT molecular complexity index is 804. The SMILES string of the molecule is CC(C)NC(=O)C1(Cc2ccc(-c3cccnc3)cc2)CCN(CC2CC2)CC1. The third-order valence-corrected chi connectivity index (χ3v) is 6.42. The molecule has 4 heteroatoms. The van der Waals surface area contributed by atoms with E-state index < -0.39 is 0 Å². The Kier molecular flexibility index (Phi) is 6.00. The highest BCUT2D eigenvalue weighted by Crippen LogP contribution is 2.38. The van der Waals surface area contributed by atoms with Crippen molar-refractivity contribution in [2.24, 2.45) is 11.3 Å². The van der Waals surface area contributed by atoms with E-state index in [1.807, 2.05) is 12.3 Å². The van der Waals surface area contributed by atoms with E-state index in [0.717, 1.165) is 43.8 Å². The molecule has 1 saturated heterocycles. The van der Waals surface area contributed by atoms with E-state index in [9.17, 15) is 4.79 Å². The third-order valence-electron chi connectivity index (χ3n) is 6.42. The first-order chi connectivity index (χ1) is 14.0. The molecule has 2 aromatic rings. The van der Waals surface area contributed by atoms with Crippen LogP contribution < -0.4 is 5.32 Å². The number of piperidine rings is 1. The molecule has 4 rings (SSSR count). The van der Waals surface area contributed by atoms with Crippen LogP contribution in [0.4, 0.5) is 0 Å². The maximum absolute atomic E-state index is 13.2. The quantitative estimate of drug-likeness (QED) is 0.765. The van der Waals surface area contributed by atoms with Crippen LogP contribution in [0.25, 0.3) is 11.1 Å². The highest BCUT2D eigenvalue weighted by atomic mass is 16.2. The van der Waals surface area contributed by atoms with Gasteiger partial charge in [-0.05, 0) is 87.7 Å². The molecule has 1 amide bonds. The summed E-state index contributed by atoms with van der Waals surface area (Å²) in [4.78, 5) is 20.0. The van der Waals surface area contributed by atoms with Crippen molar-refractivity contribution in [2.75, 3.05) is 19.6 Å². The molecular formula is C25H33N3O. The number of carbonyl (C=O) groups is 1. The number of aromatic nitrogens is 1. The van der Waals surface area contributed by atoms with Gasteiger partial charge in [0.2, 0.25) is 5.91 Å². The molecule has 0 bridgehead atoms. The smallest absolute Gasteiger partial charge is 0.226 e. The lowest BCUT2D eigenvalue weighted by Gasteiger charge is -2.41. The number of nitrogens with one attached hydrogen (secondary N) is 1. The van der Waals surface area contributed by atoms with Crippen LogP contribution in [0.5, 0.6) is 0 Å². The Morgan fingerprint density at radius 3 is 2.45 bits per heavy atom. The standard InChI is InChI=1S/C25H33N3O/c1-19(2)27-24(29)25(11-14-28(15-12-25)18-21-5-6-21)16-20-7-9-22(10-8-20)23-4-3-13-26-17-23/h3-4,7-10,13,17,19,21H,5-6,11-12,14-16,18H2,1-2H3,(H,27,29). The Balaban J connectivity index is 1.48. The summed E-state index contributed by atoms with van der Waals surface area (Å²) >= 11 is 0. The fraction of sp³-hybridized carbons (Fsp3) is 0.520. The van der Waals surface area contributed by atoms with E-state index in [-0.39, 0.29) is 17.4 Å². The van der Waals surface area contributed by atoms with Crippen LogP contribution in [0.15, 0.2) is 48.8 Å². The molecule has 2 heterocycles. The fourth-order valence-electron chi connectivity index (χ4n) is 4.47. The summed E-state index contributed by atoms with van der Waals surface area (Å²) in [7, 11) is 0. The Morgan fingerprint density at radius 2 is 1.86 bits per heavy atom. The molecule has 29 heavy (non-hydrogen) atoms. The van der Waals surface area contributed by atoms with Crippen molar-refractivity contribution >= 4 is 5.91 Å². The number of rotatable bonds is 7. The highest BCUT2D eigenvalue weighted by Gasteiger charge is 2.42. The molecule has 1 saturated carbocycles. The van der Waals surface area contributed by atoms with E-state index in [1.165, 1.54) is 30.5 Å². The zero-order chi connectivity index (χ0) is 20.3. The third kappa shape index (κ3) is 5.05. The first-order valence-electron chi connectivity index (χ1n) is 11.1. The summed E-state index contributed by atoms with van der Waals surface area (Å²) in [5, 5.41) is 3.21. The molecule has 4 nitrogen and oxygen atoms in total. The van der Waals surface area contributed by atoms with Gasteiger partial charge in [0.05, 0.1) is 5.41 Å². The predicted octanol–water partition coefficient (Wildman–Crippen LogP) is 4.31. The minimum absolute atomic E-state index is 0.178. The number of carbonyl (C=O) groups excluding carboxylic acids is 1. The van der Waals surface area contributed by atoms with Crippen molar-refractivity contribution in [2.45, 2.75) is 52.0 Å². The topological polar surface area (TPSA) is 45.2 Å². The summed E-state index contributed by atoms with van der Waals surface area (Å²) in [5.41, 5.74) is 3.24. The summed E-state index contributed by atoms with van der Waals surface area (Å²) in [6.07, 6.45) is 9.17. The summed E-state index contributed by atoms with van der Waals surface area (Å²) in [6, 6.07) is 12.9. The van der Waals surface area contributed by atoms with Gasteiger partial charge < -0.3 is 10.2 Å². The van der Waals surface area contributed by atoms with Gasteiger partial charge in [0.15, 0.2) is 0 Å². The van der Waals surface area contributed by atoms with Crippen molar-refractivity contribution in [3.8, 4) is 11.1 Å². The van der Waals surface area contributed by atoms with E-state index in [1.54, 1.807) is 6.20 Å². The summed E-state index contributed by atoms with van der Waals surface area (Å²) < 4.78 is 0. The zero-order valence-electron chi connectivity index (χ0n) is 17.7. The Morgan fingerprint density at radius 1 is 1.14 bits per heavy atom. The normalized spacial score (nSPS) is 19.3. The Labute approximate surface area is 174 Å². The molecule has 0 atom stereocenters. The average Bonchev–Trinajstić information content (AvgIpc) is 3.54. The molecule has 1 aliphatic heterocycles. The number of likely N-dealkylation sites (tertiary alicyclic amines) is 1. The minimum Gasteiger partial charge on any atom is -0.353 e. The van der Waals surface area contributed by atoms with Crippen LogP contribution in [0, 0.1) is 11.3 Å². The van der Waals surface area contributed by atoms with Crippen LogP contribution in [-0.4, -0.2) is 41.5 Å². The summed E-state index contributed by atoms with van der Waals surface area (Å²) in [6.45, 7) is 7.40. The molecule has 154 valence electrons. The second-order valence-corrected chi connectivity index (χ2v) is 9.27. The van der Waals surface area contributed by atoms with Gasteiger partial charge >= 0.3 is 0 Å². The number of benzene rings is 1. The number of amides is 1. The first kappa shape index (κ1) is 20.1. The lowest BCUT2D eigenvalue weighted by molar-refractivity contribution is -0.134. The molecule has 0 unspecified atom stereocenters. The van der Waals surface area contributed by atoms with E-state index >= 15 is 0 Å². The van der Waals surface area contributed by atoms with Crippen molar-refractivity contribution in [3.05, 3.63) is 54.4 Å². The predicted molar refractivity (Wildman–Crippen MR) is 117 cm³/mol. The maximum atomic E-state index is 13.2. The van der Waals surface area contributed by atoms with Crippen LogP contribution in [0.2, 0.25) is 0 Å². The van der Waals surface area contributed by atoms with Crippen LogP contribution in [-0.2, 0) is 11.2 Å². The second kappa shape index (κ2) is 8.66. The monoisotopic (exact) mass is 391 g/mol. The van der Waals surface area contributed by atoms with Gasteiger partial charge in [-0.1, -0.05) is 30.3 Å². The van der Waals surface area contributed by atoms with E-state index in [2.05, 4.69) is 59.4 Å². The first-order valence-corrected chi connectivity index (χ1v) is 11.1. The molecule has 2 aliphatic rings. The van der Waals surface area contributed by atoms with Gasteiger partial charge in [-0.25, -0.2) is 0 Å². The number of pyridine rings is 1. The minimum atomic E-state index is -0.292. The second-order valence-electron chi connectivity index (χ2n) is 9.27. The van der Waals surface area contributed by atoms with Gasteiger partial charge in [0, 0.05) is 25.0 Å². The zero-order valence-corrected chi connectivity index (χ0v) is 17.7.